The summed E-state index contributed by atoms with van der Waals surface area (Å²) in [5, 5.41) is 12.8. The van der Waals surface area contributed by atoms with Crippen molar-refractivity contribution in [2.24, 2.45) is 0 Å². The molecule has 5 rings (SSSR count). The molecule has 5 heteroatoms. The number of carbonyl (C=O) groups excluding carboxylic acids is 2. The summed E-state index contributed by atoms with van der Waals surface area (Å²) in [5.74, 6) is -1.36. The van der Waals surface area contributed by atoms with Gasteiger partial charge < -0.3 is 15.1 Å². The van der Waals surface area contributed by atoms with E-state index >= 15 is 0 Å². The zero-order valence-electron chi connectivity index (χ0n) is 19.4. The van der Waals surface area contributed by atoms with E-state index < -0.39 is 11.5 Å². The number of hydrogen-bond donors (Lipinski definition) is 3. The van der Waals surface area contributed by atoms with Gasteiger partial charge in [-0.05, 0) is 37.0 Å². The summed E-state index contributed by atoms with van der Waals surface area (Å²) in [6.07, 6.45) is 7.93. The summed E-state index contributed by atoms with van der Waals surface area (Å²) in [6, 6.07) is 13.5. The van der Waals surface area contributed by atoms with Crippen molar-refractivity contribution >= 4 is 44.5 Å². The predicted molar refractivity (Wildman–Crippen MR) is 137 cm³/mol. The van der Waals surface area contributed by atoms with E-state index in [0.29, 0.717) is 11.1 Å². The maximum atomic E-state index is 13.4. The second-order valence-electron chi connectivity index (χ2n) is 8.90. The molecule has 0 atom stereocenters. The van der Waals surface area contributed by atoms with E-state index in [4.69, 9.17) is 0 Å². The molecule has 5 nitrogen and oxygen atoms in total. The predicted octanol–water partition coefficient (Wildman–Crippen LogP) is 6.40. The molecule has 4 aromatic rings. The topological polar surface area (TPSA) is 85.9 Å². The molecule has 1 aliphatic rings. The second kappa shape index (κ2) is 8.34. The number of allylic oxidation sites excluding steroid dienone is 5. The van der Waals surface area contributed by atoms with Gasteiger partial charge in [0.2, 0.25) is 5.78 Å². The lowest BCUT2D eigenvalue weighted by molar-refractivity contribution is -0.115. The van der Waals surface area contributed by atoms with E-state index in [1.807, 2.05) is 69.3 Å². The standard InChI is InChI=1S/C29H26N2O3/c1-4-5-9-17-10-8-12-18-21(15-30-27(17)18)20-14-23(32)25(29(34)28(20)33)24-19-11-6-7-13-22(19)31-26(24)16(2)3/h4-8,10-16,30-31,34H,9H2,1-3H3. The third kappa shape index (κ3) is 3.32. The number of aromatic nitrogens is 2. The van der Waals surface area contributed by atoms with Crippen LogP contribution in [0.1, 0.15) is 49.1 Å². The molecule has 0 radical (unpaired) electrons. The van der Waals surface area contributed by atoms with Crippen molar-refractivity contribution in [3.8, 4) is 0 Å². The lowest BCUT2D eigenvalue weighted by atomic mass is 9.85. The number of aliphatic hydroxyl groups excluding tert-OH is 1. The molecule has 34 heavy (non-hydrogen) atoms. The number of hydrogen-bond acceptors (Lipinski definition) is 3. The molecule has 0 spiro atoms. The van der Waals surface area contributed by atoms with Crippen molar-refractivity contribution < 1.29 is 14.7 Å². The molecule has 0 saturated carbocycles. The minimum atomic E-state index is -0.547. The van der Waals surface area contributed by atoms with Crippen LogP contribution in [-0.2, 0) is 16.0 Å². The smallest absolute Gasteiger partial charge is 0.228 e. The third-order valence-electron chi connectivity index (χ3n) is 6.45. The summed E-state index contributed by atoms with van der Waals surface area (Å²) >= 11 is 0. The van der Waals surface area contributed by atoms with Gasteiger partial charge >= 0.3 is 0 Å². The SMILES string of the molecule is CC=CCc1cccc2c(C3=CC(=O)C(c4c(C(C)C)[nH]c5ccccc45)=C(O)C3=O)c[nH]c12. The summed E-state index contributed by atoms with van der Waals surface area (Å²) in [6.45, 7) is 6.00. The van der Waals surface area contributed by atoms with Gasteiger partial charge in [0.1, 0.15) is 0 Å². The van der Waals surface area contributed by atoms with Gasteiger partial charge in [-0.1, -0.05) is 62.4 Å². The normalized spacial score (nSPS) is 14.9. The quantitative estimate of drug-likeness (QED) is 0.243. The van der Waals surface area contributed by atoms with Crippen LogP contribution in [0.3, 0.4) is 0 Å². The number of rotatable bonds is 5. The minimum Gasteiger partial charge on any atom is -0.504 e. The Morgan fingerprint density at radius 1 is 1.03 bits per heavy atom. The van der Waals surface area contributed by atoms with E-state index in [2.05, 4.69) is 16.0 Å². The molecule has 0 saturated heterocycles. The first kappa shape index (κ1) is 21.7. The molecule has 0 unspecified atom stereocenters. The average Bonchev–Trinajstić information content (AvgIpc) is 3.43. The highest BCUT2D eigenvalue weighted by Crippen LogP contribution is 2.39. The Hall–Kier alpha value is -4.12. The van der Waals surface area contributed by atoms with Crippen molar-refractivity contribution in [1.29, 1.82) is 0 Å². The second-order valence-corrected chi connectivity index (χ2v) is 8.90. The number of fused-ring (bicyclic) bond motifs is 2. The Kier molecular flexibility index (Phi) is 5.33. The van der Waals surface area contributed by atoms with Gasteiger partial charge in [-0.25, -0.2) is 0 Å². The van der Waals surface area contributed by atoms with E-state index in [0.717, 1.165) is 39.5 Å². The fraction of sp³-hybridized carbons (Fsp3) is 0.172. The lowest BCUT2D eigenvalue weighted by Gasteiger charge is -2.17. The monoisotopic (exact) mass is 450 g/mol. The zero-order chi connectivity index (χ0) is 24.0. The maximum absolute atomic E-state index is 13.4. The molecule has 170 valence electrons. The molecule has 0 aliphatic heterocycles. The average molecular weight is 451 g/mol. The minimum absolute atomic E-state index is 0.0588. The highest BCUT2D eigenvalue weighted by atomic mass is 16.3. The Labute approximate surface area is 197 Å². The molecule has 3 N–H and O–H groups in total. The molecular formula is C29H26N2O3. The van der Waals surface area contributed by atoms with Crippen LogP contribution >= 0.6 is 0 Å². The van der Waals surface area contributed by atoms with Gasteiger partial charge in [0.25, 0.3) is 0 Å². The number of aliphatic hydroxyl groups is 1. The molecule has 2 heterocycles. The fourth-order valence-electron chi connectivity index (χ4n) is 4.79. The number of benzene rings is 2. The highest BCUT2D eigenvalue weighted by molar-refractivity contribution is 6.46. The van der Waals surface area contributed by atoms with E-state index in [9.17, 15) is 14.7 Å². The van der Waals surface area contributed by atoms with Crippen LogP contribution in [0.4, 0.5) is 0 Å². The Morgan fingerprint density at radius 3 is 2.56 bits per heavy atom. The van der Waals surface area contributed by atoms with Crippen LogP contribution < -0.4 is 0 Å². The summed E-state index contributed by atoms with van der Waals surface area (Å²) in [7, 11) is 0. The van der Waals surface area contributed by atoms with Crippen LogP contribution in [0, 0.1) is 0 Å². The summed E-state index contributed by atoms with van der Waals surface area (Å²) in [5.41, 5.74) is 5.18. The molecule has 0 bridgehead atoms. The molecular weight excluding hydrogens is 424 g/mol. The fourth-order valence-corrected chi connectivity index (χ4v) is 4.79. The number of carbonyl (C=O) groups is 2. The molecule has 2 aromatic carbocycles. The van der Waals surface area contributed by atoms with E-state index in [1.165, 1.54) is 6.08 Å². The Morgan fingerprint density at radius 2 is 1.79 bits per heavy atom. The van der Waals surface area contributed by atoms with Crippen molar-refractivity contribution in [1.82, 2.24) is 9.97 Å². The number of Topliss-reactive ketones (excluding diaryl/α,β-unsaturated/α-hetero) is 1. The van der Waals surface area contributed by atoms with Crippen molar-refractivity contribution in [2.75, 3.05) is 0 Å². The van der Waals surface area contributed by atoms with Gasteiger partial charge in [-0.15, -0.1) is 0 Å². The van der Waals surface area contributed by atoms with E-state index in [1.54, 1.807) is 6.20 Å². The molecule has 0 fully saturated rings. The van der Waals surface area contributed by atoms with Crippen molar-refractivity contribution in [3.05, 3.63) is 95.0 Å². The van der Waals surface area contributed by atoms with Crippen molar-refractivity contribution in [2.45, 2.75) is 33.1 Å². The van der Waals surface area contributed by atoms with Gasteiger partial charge in [-0.3, -0.25) is 9.59 Å². The van der Waals surface area contributed by atoms with Crippen LogP contribution in [-0.4, -0.2) is 26.6 Å². The van der Waals surface area contributed by atoms with Gasteiger partial charge in [0.05, 0.1) is 5.57 Å². The van der Waals surface area contributed by atoms with Crippen LogP contribution in [0.2, 0.25) is 0 Å². The summed E-state index contributed by atoms with van der Waals surface area (Å²) < 4.78 is 0. The largest absolute Gasteiger partial charge is 0.504 e. The number of nitrogens with one attached hydrogen (secondary N) is 2. The first-order chi connectivity index (χ1) is 16.4. The first-order valence-electron chi connectivity index (χ1n) is 11.5. The lowest BCUT2D eigenvalue weighted by Crippen LogP contribution is -2.18. The van der Waals surface area contributed by atoms with Gasteiger partial charge in [0.15, 0.2) is 11.5 Å². The molecule has 0 amide bonds. The van der Waals surface area contributed by atoms with Crippen LogP contribution in [0.15, 0.2) is 72.6 Å². The zero-order valence-corrected chi connectivity index (χ0v) is 19.4. The maximum Gasteiger partial charge on any atom is 0.228 e. The van der Waals surface area contributed by atoms with Crippen molar-refractivity contribution in [3.63, 3.8) is 0 Å². The third-order valence-corrected chi connectivity index (χ3v) is 6.45. The number of H-pyrrole nitrogens is 2. The Bertz CT molecular complexity index is 1560. The molecule has 1 aliphatic carbocycles. The number of aromatic amines is 2. The molecule has 2 aromatic heterocycles. The Balaban J connectivity index is 1.64. The number of ketones is 2. The van der Waals surface area contributed by atoms with Gasteiger partial charge in [-0.2, -0.15) is 0 Å². The van der Waals surface area contributed by atoms with Crippen LogP contribution in [0.25, 0.3) is 33.0 Å². The van der Waals surface area contributed by atoms with Crippen LogP contribution in [0.5, 0.6) is 0 Å². The number of para-hydroxylation sites is 2. The van der Waals surface area contributed by atoms with Gasteiger partial charge in [0, 0.05) is 50.4 Å². The first-order valence-corrected chi connectivity index (χ1v) is 11.5. The summed E-state index contributed by atoms with van der Waals surface area (Å²) in [4.78, 5) is 33.5. The van der Waals surface area contributed by atoms with E-state index in [-0.39, 0.29) is 22.8 Å². The highest BCUT2D eigenvalue weighted by Gasteiger charge is 2.34.